The average molecular weight is 340 g/mol. The standard InChI is InChI=1S/C16H12N4O5/c17-13-11(15(22)23)10(12(16(24)25)14(21)20-13)9-4-2-1-3-8(9)7-5-18-19-6-7/h1-6H,(H,18,19)(H,22,23)(H,24,25)(H3,17,20,21). The molecule has 0 fully saturated rings. The van der Waals surface area contributed by atoms with Crippen LogP contribution in [0.15, 0.2) is 41.5 Å². The minimum absolute atomic E-state index is 0.247. The molecule has 0 atom stereocenters. The summed E-state index contributed by atoms with van der Waals surface area (Å²) in [6.07, 6.45) is 3.06. The van der Waals surface area contributed by atoms with Gasteiger partial charge in [0.25, 0.3) is 5.56 Å². The molecule has 9 heteroatoms. The van der Waals surface area contributed by atoms with Crippen LogP contribution in [0, 0.1) is 0 Å². The predicted molar refractivity (Wildman–Crippen MR) is 88.4 cm³/mol. The van der Waals surface area contributed by atoms with Crippen molar-refractivity contribution in [1.82, 2.24) is 15.2 Å². The molecule has 0 aliphatic rings. The molecule has 0 amide bonds. The fraction of sp³-hybridized carbons (Fsp3) is 0. The number of pyridine rings is 1. The first kappa shape index (κ1) is 16.0. The van der Waals surface area contributed by atoms with Crippen molar-refractivity contribution in [3.63, 3.8) is 0 Å². The molecule has 6 N–H and O–H groups in total. The SMILES string of the molecule is Nc1[nH]c(=O)c(C(=O)O)c(-c2ccccc2-c2cn[nH]c2)c1C(=O)O. The zero-order valence-corrected chi connectivity index (χ0v) is 12.6. The molecule has 3 aromatic rings. The molecule has 0 aliphatic heterocycles. The highest BCUT2D eigenvalue weighted by atomic mass is 16.4. The summed E-state index contributed by atoms with van der Waals surface area (Å²) in [7, 11) is 0. The number of hydrogen-bond acceptors (Lipinski definition) is 5. The van der Waals surface area contributed by atoms with Crippen molar-refractivity contribution in [2.75, 3.05) is 5.73 Å². The van der Waals surface area contributed by atoms with Crippen LogP contribution in [0.25, 0.3) is 22.3 Å². The first-order chi connectivity index (χ1) is 11.9. The number of anilines is 1. The lowest BCUT2D eigenvalue weighted by Crippen LogP contribution is -2.24. The lowest BCUT2D eigenvalue weighted by molar-refractivity contribution is 0.0695. The van der Waals surface area contributed by atoms with Gasteiger partial charge in [0, 0.05) is 17.3 Å². The van der Waals surface area contributed by atoms with Crippen LogP contribution in [0.2, 0.25) is 0 Å². The van der Waals surface area contributed by atoms with Gasteiger partial charge in [0.1, 0.15) is 16.9 Å². The van der Waals surface area contributed by atoms with E-state index in [1.165, 1.54) is 12.3 Å². The molecule has 0 saturated heterocycles. The van der Waals surface area contributed by atoms with Crippen molar-refractivity contribution < 1.29 is 19.8 Å². The second-order valence-electron chi connectivity index (χ2n) is 5.14. The molecule has 9 nitrogen and oxygen atoms in total. The number of carbonyl (C=O) groups is 2. The number of H-pyrrole nitrogens is 2. The largest absolute Gasteiger partial charge is 0.478 e. The Balaban J connectivity index is 2.49. The van der Waals surface area contributed by atoms with Gasteiger partial charge in [-0.2, -0.15) is 5.10 Å². The number of benzene rings is 1. The maximum atomic E-state index is 12.1. The van der Waals surface area contributed by atoms with E-state index >= 15 is 0 Å². The van der Waals surface area contributed by atoms with Gasteiger partial charge in [0.05, 0.1) is 6.20 Å². The van der Waals surface area contributed by atoms with E-state index in [1.807, 2.05) is 0 Å². The molecule has 3 rings (SSSR count). The fourth-order valence-electron chi connectivity index (χ4n) is 2.67. The van der Waals surface area contributed by atoms with Crippen LogP contribution >= 0.6 is 0 Å². The number of nitrogen functional groups attached to an aromatic ring is 1. The van der Waals surface area contributed by atoms with Gasteiger partial charge in [-0.25, -0.2) is 9.59 Å². The van der Waals surface area contributed by atoms with Crippen molar-refractivity contribution in [3.05, 3.63) is 58.1 Å². The van der Waals surface area contributed by atoms with E-state index in [2.05, 4.69) is 15.2 Å². The second kappa shape index (κ2) is 5.96. The van der Waals surface area contributed by atoms with Gasteiger partial charge in [-0.15, -0.1) is 0 Å². The Bertz CT molecular complexity index is 1040. The van der Waals surface area contributed by atoms with Crippen molar-refractivity contribution in [1.29, 1.82) is 0 Å². The zero-order valence-electron chi connectivity index (χ0n) is 12.6. The molecule has 0 unspecified atom stereocenters. The number of hydrogen-bond donors (Lipinski definition) is 5. The molecule has 2 heterocycles. The second-order valence-corrected chi connectivity index (χ2v) is 5.14. The van der Waals surface area contributed by atoms with E-state index in [-0.39, 0.29) is 11.1 Å². The topological polar surface area (TPSA) is 162 Å². The summed E-state index contributed by atoms with van der Waals surface area (Å²) in [5, 5.41) is 25.4. The van der Waals surface area contributed by atoms with Crippen molar-refractivity contribution in [2.45, 2.75) is 0 Å². The maximum Gasteiger partial charge on any atom is 0.342 e. The number of aromatic carboxylic acids is 2. The predicted octanol–water partition coefficient (Wildman–Crippen LogP) is 1.41. The van der Waals surface area contributed by atoms with Crippen molar-refractivity contribution >= 4 is 17.8 Å². The van der Waals surface area contributed by atoms with E-state index in [0.717, 1.165) is 0 Å². The summed E-state index contributed by atoms with van der Waals surface area (Å²) >= 11 is 0. The maximum absolute atomic E-state index is 12.1. The average Bonchev–Trinajstić information content (AvgIpc) is 3.07. The summed E-state index contributed by atoms with van der Waals surface area (Å²) in [6, 6.07) is 6.49. The van der Waals surface area contributed by atoms with Crippen LogP contribution in [-0.2, 0) is 0 Å². The van der Waals surface area contributed by atoms with Gasteiger partial charge < -0.3 is 20.9 Å². The number of aromatic amines is 2. The van der Waals surface area contributed by atoms with Gasteiger partial charge in [0.15, 0.2) is 0 Å². The molecular formula is C16H12N4O5. The summed E-state index contributed by atoms with van der Waals surface area (Å²) in [6.45, 7) is 0. The number of carboxylic acid groups (broad SMARTS) is 2. The van der Waals surface area contributed by atoms with E-state index < -0.39 is 34.4 Å². The Kier molecular flexibility index (Phi) is 3.82. The Hall–Kier alpha value is -3.88. The van der Waals surface area contributed by atoms with Crippen LogP contribution in [-0.4, -0.2) is 37.3 Å². The lowest BCUT2D eigenvalue weighted by atomic mass is 9.90. The molecule has 0 saturated carbocycles. The highest BCUT2D eigenvalue weighted by Crippen LogP contribution is 2.36. The molecule has 1 aromatic carbocycles. The smallest absolute Gasteiger partial charge is 0.342 e. The van der Waals surface area contributed by atoms with Crippen molar-refractivity contribution in [2.24, 2.45) is 0 Å². The third-order valence-electron chi connectivity index (χ3n) is 3.68. The number of nitrogens with zero attached hydrogens (tertiary/aromatic N) is 1. The number of nitrogens with two attached hydrogens (primary N) is 1. The van der Waals surface area contributed by atoms with E-state index in [1.54, 1.807) is 24.4 Å². The molecular weight excluding hydrogens is 328 g/mol. The lowest BCUT2D eigenvalue weighted by Gasteiger charge is -2.15. The Morgan fingerprint density at radius 2 is 1.68 bits per heavy atom. The van der Waals surface area contributed by atoms with Crippen LogP contribution in [0.1, 0.15) is 20.7 Å². The van der Waals surface area contributed by atoms with Gasteiger partial charge >= 0.3 is 11.9 Å². The van der Waals surface area contributed by atoms with Gasteiger partial charge in [-0.3, -0.25) is 9.89 Å². The monoisotopic (exact) mass is 340 g/mol. The van der Waals surface area contributed by atoms with Gasteiger partial charge in [-0.05, 0) is 11.1 Å². The quantitative estimate of drug-likeness (QED) is 0.479. The first-order valence-corrected chi connectivity index (χ1v) is 7.02. The highest BCUT2D eigenvalue weighted by molar-refractivity contribution is 6.09. The third kappa shape index (κ3) is 2.63. The molecule has 25 heavy (non-hydrogen) atoms. The molecule has 0 bridgehead atoms. The first-order valence-electron chi connectivity index (χ1n) is 7.02. The van der Waals surface area contributed by atoms with E-state index in [4.69, 9.17) is 5.73 Å². The van der Waals surface area contributed by atoms with Crippen molar-refractivity contribution in [3.8, 4) is 22.3 Å². The van der Waals surface area contributed by atoms with E-state index in [0.29, 0.717) is 11.1 Å². The Morgan fingerprint density at radius 1 is 1.04 bits per heavy atom. The Morgan fingerprint density at radius 3 is 2.24 bits per heavy atom. The number of rotatable bonds is 4. The summed E-state index contributed by atoms with van der Waals surface area (Å²) in [5.41, 5.74) is 4.60. The van der Waals surface area contributed by atoms with Gasteiger partial charge in [0.2, 0.25) is 0 Å². The van der Waals surface area contributed by atoms with E-state index in [9.17, 15) is 24.6 Å². The summed E-state index contributed by atoms with van der Waals surface area (Å²) in [4.78, 5) is 37.5. The molecule has 0 radical (unpaired) electrons. The highest BCUT2D eigenvalue weighted by Gasteiger charge is 2.28. The number of nitrogens with one attached hydrogen (secondary N) is 2. The third-order valence-corrected chi connectivity index (χ3v) is 3.68. The van der Waals surface area contributed by atoms with Crippen LogP contribution in [0.3, 0.4) is 0 Å². The minimum Gasteiger partial charge on any atom is -0.478 e. The normalized spacial score (nSPS) is 10.6. The fourth-order valence-corrected chi connectivity index (χ4v) is 2.67. The summed E-state index contributed by atoms with van der Waals surface area (Å²) in [5.74, 6) is -3.42. The number of aromatic nitrogens is 3. The summed E-state index contributed by atoms with van der Waals surface area (Å²) < 4.78 is 0. The molecule has 2 aromatic heterocycles. The molecule has 0 aliphatic carbocycles. The number of carboxylic acids is 2. The van der Waals surface area contributed by atoms with Crippen LogP contribution in [0.4, 0.5) is 5.82 Å². The minimum atomic E-state index is -1.55. The van der Waals surface area contributed by atoms with Crippen LogP contribution < -0.4 is 11.3 Å². The molecule has 0 spiro atoms. The van der Waals surface area contributed by atoms with Gasteiger partial charge in [-0.1, -0.05) is 24.3 Å². The Labute approximate surface area is 139 Å². The van der Waals surface area contributed by atoms with Crippen LogP contribution in [0.5, 0.6) is 0 Å². The zero-order chi connectivity index (χ0) is 18.1. The molecule has 126 valence electrons.